The van der Waals surface area contributed by atoms with E-state index in [2.05, 4.69) is 15.5 Å². The topological polar surface area (TPSA) is 80.0 Å². The third kappa shape index (κ3) is 2.01. The molecule has 6 heteroatoms. The Kier molecular flexibility index (Phi) is 3.03. The summed E-state index contributed by atoms with van der Waals surface area (Å²) in [5.74, 6) is 0.898. The molecule has 98 valence electrons. The van der Waals surface area contributed by atoms with Crippen LogP contribution in [0, 0.1) is 0 Å². The van der Waals surface area contributed by atoms with Crippen LogP contribution in [0.4, 0.5) is 0 Å². The van der Waals surface area contributed by atoms with Gasteiger partial charge >= 0.3 is 5.97 Å². The van der Waals surface area contributed by atoms with Crippen LogP contribution in [0.15, 0.2) is 0 Å². The van der Waals surface area contributed by atoms with Gasteiger partial charge in [0.15, 0.2) is 0 Å². The Bertz CT molecular complexity index is 451. The first-order valence-electron chi connectivity index (χ1n) is 6.64. The molecule has 3 rings (SSSR count). The molecule has 6 nitrogen and oxygen atoms in total. The fourth-order valence-electron chi connectivity index (χ4n) is 3.00. The van der Waals surface area contributed by atoms with Crippen molar-refractivity contribution in [3.63, 3.8) is 0 Å². The van der Waals surface area contributed by atoms with E-state index in [9.17, 15) is 9.90 Å². The SMILES string of the molecule is O=C(O)C1CCCc2nnc(CC3CCCN3)n21. The monoisotopic (exact) mass is 250 g/mol. The number of aryl methyl sites for hydroxylation is 1. The summed E-state index contributed by atoms with van der Waals surface area (Å²) >= 11 is 0. The van der Waals surface area contributed by atoms with Crippen molar-refractivity contribution < 1.29 is 9.90 Å². The Morgan fingerprint density at radius 2 is 2.28 bits per heavy atom. The number of carbonyl (C=O) groups is 1. The van der Waals surface area contributed by atoms with Gasteiger partial charge in [-0.05, 0) is 32.2 Å². The van der Waals surface area contributed by atoms with E-state index < -0.39 is 12.0 Å². The fraction of sp³-hybridized carbons (Fsp3) is 0.750. The molecule has 18 heavy (non-hydrogen) atoms. The lowest BCUT2D eigenvalue weighted by atomic mass is 10.0. The van der Waals surface area contributed by atoms with Crippen molar-refractivity contribution in [2.75, 3.05) is 6.54 Å². The molecule has 1 saturated heterocycles. The Hall–Kier alpha value is -1.43. The summed E-state index contributed by atoms with van der Waals surface area (Å²) in [5.41, 5.74) is 0. The van der Waals surface area contributed by atoms with Crippen molar-refractivity contribution in [1.29, 1.82) is 0 Å². The quantitative estimate of drug-likeness (QED) is 0.818. The van der Waals surface area contributed by atoms with Crippen LogP contribution in [0.3, 0.4) is 0 Å². The maximum Gasteiger partial charge on any atom is 0.326 e. The smallest absolute Gasteiger partial charge is 0.326 e. The summed E-state index contributed by atoms with van der Waals surface area (Å²) in [6, 6.07) is -0.0465. The molecule has 0 spiro atoms. The van der Waals surface area contributed by atoms with Gasteiger partial charge in [0.1, 0.15) is 17.7 Å². The van der Waals surface area contributed by atoms with Crippen LogP contribution >= 0.6 is 0 Å². The second-order valence-electron chi connectivity index (χ2n) is 5.15. The van der Waals surface area contributed by atoms with Gasteiger partial charge in [0.2, 0.25) is 0 Å². The lowest BCUT2D eigenvalue weighted by molar-refractivity contribution is -0.141. The van der Waals surface area contributed by atoms with Crippen LogP contribution in [0.1, 0.15) is 43.4 Å². The van der Waals surface area contributed by atoms with Crippen molar-refractivity contribution in [3.8, 4) is 0 Å². The minimum absolute atomic E-state index is 0.426. The first-order valence-corrected chi connectivity index (χ1v) is 6.64. The first kappa shape index (κ1) is 11.6. The zero-order chi connectivity index (χ0) is 12.5. The van der Waals surface area contributed by atoms with E-state index in [-0.39, 0.29) is 0 Å². The molecular weight excluding hydrogens is 232 g/mol. The van der Waals surface area contributed by atoms with Gasteiger partial charge in [0.05, 0.1) is 0 Å². The highest BCUT2D eigenvalue weighted by Crippen LogP contribution is 2.26. The number of aliphatic carboxylic acids is 1. The van der Waals surface area contributed by atoms with Crippen LogP contribution in [0.25, 0.3) is 0 Å². The Labute approximate surface area is 105 Å². The molecule has 1 fully saturated rings. The van der Waals surface area contributed by atoms with Gasteiger partial charge in [-0.25, -0.2) is 4.79 Å². The second kappa shape index (κ2) is 4.68. The Morgan fingerprint density at radius 1 is 1.39 bits per heavy atom. The fourth-order valence-corrected chi connectivity index (χ4v) is 3.00. The summed E-state index contributed by atoms with van der Waals surface area (Å²) in [4.78, 5) is 11.3. The van der Waals surface area contributed by atoms with Gasteiger partial charge in [-0.2, -0.15) is 0 Å². The van der Waals surface area contributed by atoms with Crippen LogP contribution in [0.2, 0.25) is 0 Å². The number of nitrogens with zero attached hydrogens (tertiary/aromatic N) is 3. The standard InChI is InChI=1S/C12H18N4O2/c17-12(18)9-4-1-5-10-14-15-11(16(9)10)7-8-3-2-6-13-8/h8-9,13H,1-7H2,(H,17,18). The van der Waals surface area contributed by atoms with E-state index in [1.165, 1.54) is 6.42 Å². The molecule has 0 saturated carbocycles. The number of carboxylic acid groups (broad SMARTS) is 1. The number of hydrogen-bond donors (Lipinski definition) is 2. The Morgan fingerprint density at radius 3 is 3.00 bits per heavy atom. The van der Waals surface area contributed by atoms with Gasteiger partial charge in [0.25, 0.3) is 0 Å². The maximum absolute atomic E-state index is 11.3. The molecule has 0 bridgehead atoms. The van der Waals surface area contributed by atoms with E-state index in [1.54, 1.807) is 0 Å². The molecule has 2 N–H and O–H groups in total. The Balaban J connectivity index is 1.86. The summed E-state index contributed by atoms with van der Waals surface area (Å²) in [7, 11) is 0. The van der Waals surface area contributed by atoms with Crippen LogP contribution in [-0.4, -0.2) is 38.4 Å². The molecule has 0 radical (unpaired) electrons. The lowest BCUT2D eigenvalue weighted by Gasteiger charge is -2.23. The maximum atomic E-state index is 11.3. The number of carboxylic acids is 1. The van der Waals surface area contributed by atoms with Crippen molar-refractivity contribution in [1.82, 2.24) is 20.1 Å². The molecule has 0 aliphatic carbocycles. The lowest BCUT2D eigenvalue weighted by Crippen LogP contribution is -2.30. The molecule has 3 heterocycles. The highest BCUT2D eigenvalue weighted by Gasteiger charge is 2.30. The number of aromatic nitrogens is 3. The molecule has 2 aliphatic rings. The summed E-state index contributed by atoms with van der Waals surface area (Å²) in [6.07, 6.45) is 5.53. The molecule has 2 atom stereocenters. The van der Waals surface area contributed by atoms with E-state index in [1.807, 2.05) is 4.57 Å². The van der Waals surface area contributed by atoms with Crippen molar-refractivity contribution in [2.24, 2.45) is 0 Å². The normalized spacial score (nSPS) is 27.1. The predicted molar refractivity (Wildman–Crippen MR) is 64.4 cm³/mol. The zero-order valence-electron chi connectivity index (χ0n) is 10.3. The molecule has 2 unspecified atom stereocenters. The van der Waals surface area contributed by atoms with E-state index in [0.717, 1.165) is 43.9 Å². The summed E-state index contributed by atoms with van der Waals surface area (Å²) in [6.45, 7) is 1.05. The first-order chi connectivity index (χ1) is 8.75. The molecule has 0 amide bonds. The van der Waals surface area contributed by atoms with Crippen LogP contribution in [0.5, 0.6) is 0 Å². The third-order valence-corrected chi connectivity index (χ3v) is 3.90. The number of hydrogen-bond acceptors (Lipinski definition) is 4. The molecule has 0 aromatic carbocycles. The zero-order valence-corrected chi connectivity index (χ0v) is 10.3. The van der Waals surface area contributed by atoms with Crippen LogP contribution < -0.4 is 5.32 Å². The number of nitrogens with one attached hydrogen (secondary N) is 1. The van der Waals surface area contributed by atoms with Gasteiger partial charge < -0.3 is 15.0 Å². The average Bonchev–Trinajstić information content (AvgIpc) is 2.99. The van der Waals surface area contributed by atoms with E-state index >= 15 is 0 Å². The second-order valence-corrected chi connectivity index (χ2v) is 5.15. The summed E-state index contributed by atoms with van der Waals surface area (Å²) < 4.78 is 1.85. The molecule has 1 aromatic heterocycles. The molecular formula is C12H18N4O2. The highest BCUT2D eigenvalue weighted by molar-refractivity contribution is 5.72. The molecule has 1 aromatic rings. The van der Waals surface area contributed by atoms with E-state index in [4.69, 9.17) is 0 Å². The minimum Gasteiger partial charge on any atom is -0.480 e. The third-order valence-electron chi connectivity index (χ3n) is 3.90. The van der Waals surface area contributed by atoms with Gasteiger partial charge in [0, 0.05) is 18.9 Å². The van der Waals surface area contributed by atoms with Crippen LogP contribution in [-0.2, 0) is 17.6 Å². The van der Waals surface area contributed by atoms with Crippen molar-refractivity contribution in [2.45, 2.75) is 50.6 Å². The average molecular weight is 250 g/mol. The van der Waals surface area contributed by atoms with Gasteiger partial charge in [-0.1, -0.05) is 0 Å². The summed E-state index contributed by atoms with van der Waals surface area (Å²) in [5, 5.41) is 21.1. The van der Waals surface area contributed by atoms with Crippen molar-refractivity contribution >= 4 is 5.97 Å². The predicted octanol–water partition coefficient (Wildman–Crippen LogP) is 0.535. The number of rotatable bonds is 3. The van der Waals surface area contributed by atoms with E-state index in [0.29, 0.717) is 12.5 Å². The minimum atomic E-state index is -0.767. The van der Waals surface area contributed by atoms with Crippen molar-refractivity contribution in [3.05, 3.63) is 11.6 Å². The van der Waals surface area contributed by atoms with Gasteiger partial charge in [-0.15, -0.1) is 10.2 Å². The van der Waals surface area contributed by atoms with Gasteiger partial charge in [-0.3, -0.25) is 0 Å². The highest BCUT2D eigenvalue weighted by atomic mass is 16.4. The number of fused-ring (bicyclic) bond motifs is 1. The molecule has 2 aliphatic heterocycles. The largest absolute Gasteiger partial charge is 0.480 e.